The molecule has 3 atom stereocenters. The summed E-state index contributed by atoms with van der Waals surface area (Å²) in [5.41, 5.74) is -0.972. The van der Waals surface area contributed by atoms with E-state index in [4.69, 9.17) is 0 Å². The van der Waals surface area contributed by atoms with Crippen molar-refractivity contribution in [2.75, 3.05) is 13.6 Å². The Morgan fingerprint density at radius 1 is 1.44 bits per heavy atom. The lowest BCUT2D eigenvalue weighted by Crippen LogP contribution is -2.40. The molecule has 1 aliphatic rings. The molecule has 4 heteroatoms. The standard InChI is InChI=1S/C14H25NO3/c1-9(2)14(4,13(17)18)7-12(16)15(5)8-11-6-10(11)3/h9-11H,6-8H2,1-5H3,(H,17,18). The summed E-state index contributed by atoms with van der Waals surface area (Å²) in [6, 6.07) is 0. The van der Waals surface area contributed by atoms with Crippen LogP contribution in [0.25, 0.3) is 0 Å². The van der Waals surface area contributed by atoms with E-state index < -0.39 is 11.4 Å². The van der Waals surface area contributed by atoms with E-state index in [1.54, 1.807) is 18.9 Å². The largest absolute Gasteiger partial charge is 0.481 e. The molecular weight excluding hydrogens is 230 g/mol. The van der Waals surface area contributed by atoms with Crippen LogP contribution in [0.2, 0.25) is 0 Å². The van der Waals surface area contributed by atoms with Crippen LogP contribution in [-0.4, -0.2) is 35.5 Å². The van der Waals surface area contributed by atoms with Crippen LogP contribution < -0.4 is 0 Å². The van der Waals surface area contributed by atoms with Gasteiger partial charge >= 0.3 is 5.97 Å². The minimum atomic E-state index is -0.972. The van der Waals surface area contributed by atoms with E-state index in [9.17, 15) is 14.7 Å². The van der Waals surface area contributed by atoms with Gasteiger partial charge in [0.1, 0.15) is 0 Å². The molecule has 0 aromatic heterocycles. The van der Waals surface area contributed by atoms with Crippen molar-refractivity contribution in [1.29, 1.82) is 0 Å². The Kier molecular flexibility index (Phi) is 4.41. The number of hydrogen-bond donors (Lipinski definition) is 1. The molecule has 1 N–H and O–H groups in total. The first kappa shape index (κ1) is 15.0. The highest BCUT2D eigenvalue weighted by atomic mass is 16.4. The lowest BCUT2D eigenvalue weighted by molar-refractivity contribution is -0.155. The Labute approximate surface area is 109 Å². The summed E-state index contributed by atoms with van der Waals surface area (Å²) < 4.78 is 0. The highest BCUT2D eigenvalue weighted by Gasteiger charge is 2.40. The van der Waals surface area contributed by atoms with E-state index in [2.05, 4.69) is 6.92 Å². The predicted octanol–water partition coefficient (Wildman–Crippen LogP) is 2.24. The Balaban J connectivity index is 2.58. The van der Waals surface area contributed by atoms with Crippen LogP contribution in [0.1, 0.15) is 40.5 Å². The zero-order valence-electron chi connectivity index (χ0n) is 12.1. The molecule has 0 bridgehead atoms. The number of carboxylic acid groups (broad SMARTS) is 1. The molecule has 1 amide bonds. The van der Waals surface area contributed by atoms with Crippen LogP contribution in [0.15, 0.2) is 0 Å². The lowest BCUT2D eigenvalue weighted by Gasteiger charge is -2.30. The zero-order chi connectivity index (χ0) is 14.1. The number of amides is 1. The van der Waals surface area contributed by atoms with Gasteiger partial charge < -0.3 is 10.0 Å². The first-order valence-electron chi connectivity index (χ1n) is 6.65. The maximum absolute atomic E-state index is 12.1. The Morgan fingerprint density at radius 2 is 1.94 bits per heavy atom. The molecule has 0 spiro atoms. The van der Waals surface area contributed by atoms with Crippen LogP contribution in [-0.2, 0) is 9.59 Å². The molecule has 0 aromatic carbocycles. The van der Waals surface area contributed by atoms with Gasteiger partial charge in [0.2, 0.25) is 5.91 Å². The van der Waals surface area contributed by atoms with Crippen molar-refractivity contribution >= 4 is 11.9 Å². The second kappa shape index (κ2) is 5.29. The summed E-state index contributed by atoms with van der Waals surface area (Å²) in [6.45, 7) is 8.30. The molecule has 0 heterocycles. The van der Waals surface area contributed by atoms with Crippen molar-refractivity contribution < 1.29 is 14.7 Å². The molecular formula is C14H25NO3. The van der Waals surface area contributed by atoms with Crippen molar-refractivity contribution in [2.45, 2.75) is 40.5 Å². The van der Waals surface area contributed by atoms with Crippen LogP contribution in [0.3, 0.4) is 0 Å². The van der Waals surface area contributed by atoms with Gasteiger partial charge in [0.25, 0.3) is 0 Å². The maximum atomic E-state index is 12.1. The smallest absolute Gasteiger partial charge is 0.310 e. The van der Waals surface area contributed by atoms with Crippen LogP contribution in [0.5, 0.6) is 0 Å². The highest BCUT2D eigenvalue weighted by molar-refractivity contribution is 5.84. The fraction of sp³-hybridized carbons (Fsp3) is 0.857. The van der Waals surface area contributed by atoms with E-state index in [1.165, 1.54) is 6.42 Å². The van der Waals surface area contributed by atoms with Gasteiger partial charge in [0.05, 0.1) is 5.41 Å². The summed E-state index contributed by atoms with van der Waals surface area (Å²) in [7, 11) is 1.77. The monoisotopic (exact) mass is 255 g/mol. The van der Waals surface area contributed by atoms with E-state index in [1.807, 2.05) is 13.8 Å². The fourth-order valence-electron chi connectivity index (χ4n) is 2.08. The third kappa shape index (κ3) is 3.24. The van der Waals surface area contributed by atoms with Gasteiger partial charge in [-0.2, -0.15) is 0 Å². The molecule has 18 heavy (non-hydrogen) atoms. The van der Waals surface area contributed by atoms with Crippen molar-refractivity contribution in [1.82, 2.24) is 4.90 Å². The van der Waals surface area contributed by atoms with Gasteiger partial charge in [0, 0.05) is 20.0 Å². The summed E-state index contributed by atoms with van der Waals surface area (Å²) in [5.74, 6) is 0.296. The number of nitrogens with zero attached hydrogens (tertiary/aromatic N) is 1. The molecule has 4 nitrogen and oxygen atoms in total. The first-order chi connectivity index (χ1) is 8.18. The van der Waals surface area contributed by atoms with Crippen molar-refractivity contribution in [3.05, 3.63) is 0 Å². The molecule has 104 valence electrons. The number of aliphatic carboxylic acids is 1. The summed E-state index contributed by atoms with van der Waals surface area (Å²) in [5, 5.41) is 9.30. The SMILES string of the molecule is CC1CC1CN(C)C(=O)CC(C)(C(=O)O)C(C)C. The first-order valence-corrected chi connectivity index (χ1v) is 6.65. The summed E-state index contributed by atoms with van der Waals surface area (Å²) in [6.07, 6.45) is 1.26. The molecule has 1 aliphatic carbocycles. The molecule has 1 fully saturated rings. The van der Waals surface area contributed by atoms with Crippen LogP contribution >= 0.6 is 0 Å². The molecule has 1 saturated carbocycles. The summed E-state index contributed by atoms with van der Waals surface area (Å²) >= 11 is 0. The molecule has 0 radical (unpaired) electrons. The van der Waals surface area contributed by atoms with Gasteiger partial charge in [-0.05, 0) is 31.1 Å². The van der Waals surface area contributed by atoms with Crippen molar-refractivity contribution in [3.8, 4) is 0 Å². The molecule has 3 unspecified atom stereocenters. The van der Waals surface area contributed by atoms with Gasteiger partial charge in [-0.1, -0.05) is 20.8 Å². The third-order valence-corrected chi connectivity index (χ3v) is 4.49. The minimum Gasteiger partial charge on any atom is -0.481 e. The van der Waals surface area contributed by atoms with Crippen LogP contribution in [0, 0.1) is 23.2 Å². The highest BCUT2D eigenvalue weighted by Crippen LogP contribution is 2.38. The second-order valence-electron chi connectivity index (χ2n) is 6.30. The molecule has 1 rings (SSSR count). The van der Waals surface area contributed by atoms with E-state index in [0.29, 0.717) is 11.8 Å². The fourth-order valence-corrected chi connectivity index (χ4v) is 2.08. The van der Waals surface area contributed by atoms with Crippen molar-refractivity contribution in [2.24, 2.45) is 23.2 Å². The topological polar surface area (TPSA) is 57.6 Å². The van der Waals surface area contributed by atoms with Crippen molar-refractivity contribution in [3.63, 3.8) is 0 Å². The Hall–Kier alpha value is -1.06. The van der Waals surface area contributed by atoms with E-state index in [-0.39, 0.29) is 18.2 Å². The quantitative estimate of drug-likeness (QED) is 0.792. The van der Waals surface area contributed by atoms with Crippen LogP contribution in [0.4, 0.5) is 0 Å². The van der Waals surface area contributed by atoms with Gasteiger partial charge in [0.15, 0.2) is 0 Å². The minimum absolute atomic E-state index is 0.0623. The Morgan fingerprint density at radius 3 is 2.28 bits per heavy atom. The predicted molar refractivity (Wildman–Crippen MR) is 70.1 cm³/mol. The third-order valence-electron chi connectivity index (χ3n) is 4.49. The molecule has 0 saturated heterocycles. The summed E-state index contributed by atoms with van der Waals surface area (Å²) in [4.78, 5) is 25.1. The Bertz CT molecular complexity index is 340. The number of rotatable bonds is 6. The zero-order valence-corrected chi connectivity index (χ0v) is 12.1. The average molecular weight is 255 g/mol. The molecule has 0 aliphatic heterocycles. The number of carbonyl (C=O) groups is 2. The number of carbonyl (C=O) groups excluding carboxylic acids is 1. The van der Waals surface area contributed by atoms with Gasteiger partial charge in [-0.15, -0.1) is 0 Å². The number of carboxylic acids is 1. The maximum Gasteiger partial charge on any atom is 0.310 e. The number of hydrogen-bond acceptors (Lipinski definition) is 2. The van der Waals surface area contributed by atoms with E-state index >= 15 is 0 Å². The molecule has 0 aromatic rings. The average Bonchev–Trinajstić information content (AvgIpc) is 2.93. The lowest BCUT2D eigenvalue weighted by atomic mass is 9.76. The van der Waals surface area contributed by atoms with E-state index in [0.717, 1.165) is 6.54 Å². The van der Waals surface area contributed by atoms with Gasteiger partial charge in [-0.3, -0.25) is 9.59 Å². The normalized spacial score (nSPS) is 25.7. The second-order valence-corrected chi connectivity index (χ2v) is 6.30. The van der Waals surface area contributed by atoms with Gasteiger partial charge in [-0.25, -0.2) is 0 Å².